The van der Waals surface area contributed by atoms with Crippen LogP contribution in [-0.4, -0.2) is 54.7 Å². The topological polar surface area (TPSA) is 85.7 Å². The Morgan fingerprint density at radius 1 is 1.15 bits per heavy atom. The Labute approximate surface area is 245 Å². The standard InChI is InChI=1S/C30H37ClN4O4S/c1-18(2)15-32-24(36)16-34-25(37)17-40-27(19-11-12-22(38-6)23(13-19)39-7)26-28(30(3,4)5)33-35(29(26)34)21-10-8-9-20(31)14-21/h8-14,18,27H,15-17H2,1-7H3,(H,32,36). The molecule has 0 fully saturated rings. The molecule has 1 aromatic heterocycles. The second-order valence-electron chi connectivity index (χ2n) is 11.2. The lowest BCUT2D eigenvalue weighted by Crippen LogP contribution is -2.43. The van der Waals surface area contributed by atoms with Crippen LogP contribution in [0.2, 0.25) is 5.02 Å². The maximum Gasteiger partial charge on any atom is 0.240 e. The average molecular weight is 585 g/mol. The van der Waals surface area contributed by atoms with Crippen LogP contribution in [0, 0.1) is 5.92 Å². The van der Waals surface area contributed by atoms with E-state index in [1.54, 1.807) is 29.9 Å². The van der Waals surface area contributed by atoms with E-state index >= 15 is 0 Å². The molecule has 1 aliphatic heterocycles. The van der Waals surface area contributed by atoms with E-state index in [1.807, 2.05) is 50.2 Å². The van der Waals surface area contributed by atoms with Crippen molar-refractivity contribution >= 4 is 41.0 Å². The van der Waals surface area contributed by atoms with Gasteiger partial charge in [-0.05, 0) is 41.8 Å². The number of halogens is 1. The smallest absolute Gasteiger partial charge is 0.240 e. The maximum absolute atomic E-state index is 13.8. The lowest BCUT2D eigenvalue weighted by atomic mass is 9.87. The minimum absolute atomic E-state index is 0.117. The molecule has 1 unspecified atom stereocenters. The number of hydrogen-bond donors (Lipinski definition) is 1. The molecule has 4 rings (SSSR count). The molecule has 3 aromatic rings. The molecular weight excluding hydrogens is 548 g/mol. The van der Waals surface area contributed by atoms with Crippen LogP contribution in [0.25, 0.3) is 5.69 Å². The van der Waals surface area contributed by atoms with Gasteiger partial charge in [-0.25, -0.2) is 4.68 Å². The van der Waals surface area contributed by atoms with Crippen LogP contribution in [0.15, 0.2) is 42.5 Å². The summed E-state index contributed by atoms with van der Waals surface area (Å²) in [4.78, 5) is 28.4. The van der Waals surface area contributed by atoms with Crippen molar-refractivity contribution < 1.29 is 19.1 Å². The van der Waals surface area contributed by atoms with Crippen molar-refractivity contribution in [3.05, 3.63) is 64.3 Å². The van der Waals surface area contributed by atoms with Crippen LogP contribution >= 0.6 is 23.4 Å². The number of rotatable bonds is 8. The van der Waals surface area contributed by atoms with Crippen molar-refractivity contribution in [2.24, 2.45) is 5.92 Å². The molecule has 2 amide bonds. The molecule has 1 atom stereocenters. The Morgan fingerprint density at radius 3 is 2.50 bits per heavy atom. The highest BCUT2D eigenvalue weighted by molar-refractivity contribution is 8.00. The van der Waals surface area contributed by atoms with Crippen LogP contribution in [-0.2, 0) is 15.0 Å². The molecule has 0 aliphatic carbocycles. The number of carbonyl (C=O) groups excluding carboxylic acids is 2. The second-order valence-corrected chi connectivity index (χ2v) is 12.7. The van der Waals surface area contributed by atoms with Gasteiger partial charge in [0.25, 0.3) is 0 Å². The Morgan fingerprint density at radius 2 is 1.88 bits per heavy atom. The van der Waals surface area contributed by atoms with Crippen LogP contribution in [0.5, 0.6) is 11.5 Å². The number of amides is 2. The number of ether oxygens (including phenoxy) is 2. The summed E-state index contributed by atoms with van der Waals surface area (Å²) in [6.07, 6.45) is 0. The number of nitrogens with one attached hydrogen (secondary N) is 1. The van der Waals surface area contributed by atoms with Gasteiger partial charge in [-0.3, -0.25) is 14.5 Å². The van der Waals surface area contributed by atoms with Gasteiger partial charge in [0.1, 0.15) is 12.4 Å². The van der Waals surface area contributed by atoms with E-state index in [2.05, 4.69) is 26.1 Å². The summed E-state index contributed by atoms with van der Waals surface area (Å²) in [6.45, 7) is 10.8. The average Bonchev–Trinajstić information content (AvgIpc) is 3.25. The molecule has 0 bridgehead atoms. The van der Waals surface area contributed by atoms with Gasteiger partial charge in [0.05, 0.1) is 36.6 Å². The zero-order valence-electron chi connectivity index (χ0n) is 24.1. The fourth-order valence-corrected chi connectivity index (χ4v) is 6.03. The largest absolute Gasteiger partial charge is 0.493 e. The Bertz CT molecular complexity index is 1400. The number of methoxy groups -OCH3 is 2. The van der Waals surface area contributed by atoms with Gasteiger partial charge < -0.3 is 14.8 Å². The van der Waals surface area contributed by atoms with Gasteiger partial charge >= 0.3 is 0 Å². The number of benzene rings is 2. The van der Waals surface area contributed by atoms with Crippen molar-refractivity contribution in [1.82, 2.24) is 15.1 Å². The molecule has 1 N–H and O–H groups in total. The van der Waals surface area contributed by atoms with Crippen molar-refractivity contribution in [2.45, 2.75) is 45.3 Å². The van der Waals surface area contributed by atoms with Crippen molar-refractivity contribution in [2.75, 3.05) is 38.0 Å². The van der Waals surface area contributed by atoms with Crippen LogP contribution < -0.4 is 19.7 Å². The summed E-state index contributed by atoms with van der Waals surface area (Å²) in [7, 11) is 3.20. The first kappa shape index (κ1) is 29.8. The molecule has 40 heavy (non-hydrogen) atoms. The summed E-state index contributed by atoms with van der Waals surface area (Å²) < 4.78 is 12.8. The number of fused-ring (bicyclic) bond motifs is 1. The van der Waals surface area contributed by atoms with Gasteiger partial charge in [0.2, 0.25) is 11.8 Å². The van der Waals surface area contributed by atoms with Crippen LogP contribution in [0.4, 0.5) is 5.82 Å². The molecule has 10 heteroatoms. The molecule has 214 valence electrons. The van der Waals surface area contributed by atoms with Gasteiger partial charge in [0.15, 0.2) is 11.5 Å². The van der Waals surface area contributed by atoms with Gasteiger partial charge in [-0.1, -0.05) is 58.4 Å². The van der Waals surface area contributed by atoms with Crippen LogP contribution in [0.3, 0.4) is 0 Å². The Hall–Kier alpha value is -3.17. The normalized spacial score (nSPS) is 15.6. The van der Waals surface area contributed by atoms with E-state index in [4.69, 9.17) is 26.2 Å². The molecule has 0 radical (unpaired) electrons. The summed E-state index contributed by atoms with van der Waals surface area (Å²) in [5, 5.41) is 8.34. The number of nitrogens with zero attached hydrogens (tertiary/aromatic N) is 3. The van der Waals surface area contributed by atoms with E-state index in [0.717, 1.165) is 16.8 Å². The molecule has 8 nitrogen and oxygen atoms in total. The third kappa shape index (κ3) is 6.25. The number of hydrogen-bond acceptors (Lipinski definition) is 6. The fourth-order valence-electron chi connectivity index (χ4n) is 4.66. The SMILES string of the molecule is COc1ccc(C2SCC(=O)N(CC(=O)NCC(C)C)c3c2c(C(C)(C)C)nn3-c2cccc(Cl)c2)cc1OC. The number of aromatic nitrogens is 2. The molecule has 1 aliphatic rings. The highest BCUT2D eigenvalue weighted by Gasteiger charge is 2.40. The number of thioether (sulfide) groups is 1. The quantitative estimate of drug-likeness (QED) is 0.361. The van der Waals surface area contributed by atoms with Gasteiger partial charge in [0, 0.05) is 22.5 Å². The van der Waals surface area contributed by atoms with E-state index in [1.165, 1.54) is 11.8 Å². The van der Waals surface area contributed by atoms with E-state index in [9.17, 15) is 9.59 Å². The minimum Gasteiger partial charge on any atom is -0.493 e. The zero-order valence-corrected chi connectivity index (χ0v) is 25.7. The monoisotopic (exact) mass is 584 g/mol. The van der Waals surface area contributed by atoms with E-state index < -0.39 is 0 Å². The third-order valence-corrected chi connectivity index (χ3v) is 8.06. The minimum atomic E-state index is -0.373. The van der Waals surface area contributed by atoms with Gasteiger partial charge in [-0.2, -0.15) is 5.10 Å². The molecule has 0 saturated carbocycles. The van der Waals surface area contributed by atoms with Crippen LogP contribution in [0.1, 0.15) is 56.7 Å². The summed E-state index contributed by atoms with van der Waals surface area (Å²) in [5.41, 5.74) is 2.99. The van der Waals surface area contributed by atoms with Gasteiger partial charge in [-0.15, -0.1) is 11.8 Å². The van der Waals surface area contributed by atoms with E-state index in [0.29, 0.717) is 34.6 Å². The summed E-state index contributed by atoms with van der Waals surface area (Å²) >= 11 is 7.91. The zero-order chi connectivity index (χ0) is 29.2. The first-order valence-corrected chi connectivity index (χ1v) is 14.7. The highest BCUT2D eigenvalue weighted by Crippen LogP contribution is 2.49. The fraction of sp³-hybridized carbons (Fsp3) is 0.433. The third-order valence-electron chi connectivity index (χ3n) is 6.57. The molecule has 0 saturated heterocycles. The molecule has 2 heterocycles. The molecular formula is C30H37ClN4O4S. The Balaban J connectivity index is 1.98. The maximum atomic E-state index is 13.8. The molecule has 0 spiro atoms. The Kier molecular flexibility index (Phi) is 9.05. The highest BCUT2D eigenvalue weighted by atomic mass is 35.5. The van der Waals surface area contributed by atoms with Crippen molar-refractivity contribution in [3.63, 3.8) is 0 Å². The van der Waals surface area contributed by atoms with Crippen molar-refractivity contribution in [3.8, 4) is 17.2 Å². The predicted molar refractivity (Wildman–Crippen MR) is 161 cm³/mol. The number of carbonyl (C=O) groups is 2. The lowest BCUT2D eigenvalue weighted by Gasteiger charge is -2.25. The van der Waals surface area contributed by atoms with Crippen molar-refractivity contribution in [1.29, 1.82) is 0 Å². The second kappa shape index (κ2) is 12.1. The first-order chi connectivity index (χ1) is 18.9. The predicted octanol–water partition coefficient (Wildman–Crippen LogP) is 5.78. The number of anilines is 1. The first-order valence-electron chi connectivity index (χ1n) is 13.2. The summed E-state index contributed by atoms with van der Waals surface area (Å²) in [6, 6.07) is 13.2. The molecule has 2 aromatic carbocycles. The lowest BCUT2D eigenvalue weighted by molar-refractivity contribution is -0.123. The summed E-state index contributed by atoms with van der Waals surface area (Å²) in [5.74, 6) is 1.87. The van der Waals surface area contributed by atoms with E-state index in [-0.39, 0.29) is 40.7 Å².